The van der Waals surface area contributed by atoms with Crippen molar-refractivity contribution in [3.05, 3.63) is 89.5 Å². The number of fused-ring (bicyclic) bond motifs is 1. The number of hydrogen-bond donors (Lipinski definition) is 1. The molecule has 0 saturated carbocycles. The van der Waals surface area contributed by atoms with Crippen LogP contribution in [-0.4, -0.2) is 27.5 Å². The Bertz CT molecular complexity index is 1250. The van der Waals surface area contributed by atoms with E-state index in [1.54, 1.807) is 18.2 Å². The molecule has 0 atom stereocenters. The summed E-state index contributed by atoms with van der Waals surface area (Å²) in [5.41, 5.74) is 2.53. The Kier molecular flexibility index (Phi) is 6.60. The molecule has 0 spiro atoms. The first-order valence-corrected chi connectivity index (χ1v) is 11.8. The minimum Gasteiger partial charge on any atom is -0.435 e. The van der Waals surface area contributed by atoms with Crippen LogP contribution in [0.5, 0.6) is 5.75 Å². The van der Waals surface area contributed by atoms with Gasteiger partial charge in [-0.2, -0.15) is 8.78 Å². The van der Waals surface area contributed by atoms with Crippen molar-refractivity contribution in [2.45, 2.75) is 30.9 Å². The van der Waals surface area contributed by atoms with Crippen molar-refractivity contribution in [2.75, 3.05) is 10.8 Å². The minimum atomic E-state index is -3.84. The molecule has 6 nitrogen and oxygen atoms in total. The first kappa shape index (κ1) is 22.7. The van der Waals surface area contributed by atoms with Gasteiger partial charge in [0.05, 0.1) is 10.6 Å². The largest absolute Gasteiger partial charge is 0.435 e. The van der Waals surface area contributed by atoms with Gasteiger partial charge in [-0.15, -0.1) is 0 Å². The van der Waals surface area contributed by atoms with E-state index in [0.29, 0.717) is 17.8 Å². The quantitative estimate of drug-likeness (QED) is 0.555. The zero-order chi connectivity index (χ0) is 23.4. The number of amides is 1. The molecule has 0 aromatic heterocycles. The van der Waals surface area contributed by atoms with Crippen molar-refractivity contribution in [1.29, 1.82) is 0 Å². The number of sulfonamides is 1. The number of aryl methyl sites for hydroxylation is 1. The molecule has 0 unspecified atom stereocenters. The Labute approximate surface area is 190 Å². The Morgan fingerprint density at radius 2 is 1.79 bits per heavy atom. The molecular weight excluding hydrogens is 450 g/mol. The second-order valence-corrected chi connectivity index (χ2v) is 9.40. The molecule has 1 N–H and O–H groups in total. The highest BCUT2D eigenvalue weighted by Crippen LogP contribution is 2.32. The summed E-state index contributed by atoms with van der Waals surface area (Å²) in [5.74, 6) is -0.420. The Morgan fingerprint density at radius 3 is 2.55 bits per heavy atom. The number of carbonyl (C=O) groups is 1. The molecule has 33 heavy (non-hydrogen) atoms. The average Bonchev–Trinajstić information content (AvgIpc) is 2.82. The summed E-state index contributed by atoms with van der Waals surface area (Å²) >= 11 is 0. The predicted octanol–water partition coefficient (Wildman–Crippen LogP) is 4.36. The molecular formula is C24H22F2N2O4S. The van der Waals surface area contributed by atoms with Crippen LogP contribution in [0.1, 0.15) is 27.9 Å². The number of para-hydroxylation sites is 1. The topological polar surface area (TPSA) is 75.7 Å². The van der Waals surface area contributed by atoms with Crippen LogP contribution in [0.15, 0.2) is 77.7 Å². The van der Waals surface area contributed by atoms with Gasteiger partial charge in [0.15, 0.2) is 0 Å². The predicted molar refractivity (Wildman–Crippen MR) is 120 cm³/mol. The van der Waals surface area contributed by atoms with E-state index in [2.05, 4.69) is 10.1 Å². The highest BCUT2D eigenvalue weighted by molar-refractivity contribution is 7.92. The number of carbonyl (C=O) groups excluding carboxylic acids is 1. The maximum absolute atomic E-state index is 13.3. The van der Waals surface area contributed by atoms with Gasteiger partial charge in [-0.25, -0.2) is 8.42 Å². The third kappa shape index (κ3) is 5.14. The lowest BCUT2D eigenvalue weighted by atomic mass is 10.0. The molecule has 3 aromatic carbocycles. The number of benzene rings is 3. The lowest BCUT2D eigenvalue weighted by Gasteiger charge is -2.30. The second-order valence-electron chi connectivity index (χ2n) is 7.54. The smallest absolute Gasteiger partial charge is 0.387 e. The Hall–Kier alpha value is -3.46. The van der Waals surface area contributed by atoms with E-state index in [0.717, 1.165) is 18.4 Å². The molecule has 0 saturated heterocycles. The fraction of sp³-hybridized carbons (Fsp3) is 0.208. The molecule has 4 rings (SSSR count). The van der Waals surface area contributed by atoms with Gasteiger partial charge in [-0.05, 0) is 60.4 Å². The molecule has 0 aliphatic carbocycles. The Balaban J connectivity index is 1.48. The number of alkyl halides is 2. The number of rotatable bonds is 7. The van der Waals surface area contributed by atoms with Crippen LogP contribution in [0.4, 0.5) is 14.5 Å². The van der Waals surface area contributed by atoms with Gasteiger partial charge in [0.2, 0.25) is 0 Å². The monoisotopic (exact) mass is 472 g/mol. The fourth-order valence-corrected chi connectivity index (χ4v) is 5.33. The fourth-order valence-electron chi connectivity index (χ4n) is 3.75. The minimum absolute atomic E-state index is 0.0253. The summed E-state index contributed by atoms with van der Waals surface area (Å²) < 4.78 is 56.9. The summed E-state index contributed by atoms with van der Waals surface area (Å²) in [6.45, 7) is -2.39. The lowest BCUT2D eigenvalue weighted by molar-refractivity contribution is -0.0498. The Morgan fingerprint density at radius 1 is 1.03 bits per heavy atom. The van der Waals surface area contributed by atoms with Crippen LogP contribution in [0.25, 0.3) is 0 Å². The van der Waals surface area contributed by atoms with Gasteiger partial charge in [0, 0.05) is 18.7 Å². The summed E-state index contributed by atoms with van der Waals surface area (Å²) in [4.78, 5) is 12.7. The number of halogens is 2. The molecule has 1 aliphatic heterocycles. The van der Waals surface area contributed by atoms with Crippen molar-refractivity contribution in [3.63, 3.8) is 0 Å². The lowest BCUT2D eigenvalue weighted by Crippen LogP contribution is -2.35. The van der Waals surface area contributed by atoms with Gasteiger partial charge >= 0.3 is 6.61 Å². The molecule has 1 aliphatic rings. The third-order valence-corrected chi connectivity index (χ3v) is 7.16. The second kappa shape index (κ2) is 9.58. The highest BCUT2D eigenvalue weighted by Gasteiger charge is 2.29. The number of anilines is 1. The summed E-state index contributed by atoms with van der Waals surface area (Å²) in [7, 11) is -3.84. The van der Waals surface area contributed by atoms with Crippen LogP contribution in [0.3, 0.4) is 0 Å². The third-order valence-electron chi connectivity index (χ3n) is 5.35. The summed E-state index contributed by atoms with van der Waals surface area (Å²) in [5, 5.41) is 2.71. The van der Waals surface area contributed by atoms with E-state index in [1.807, 2.05) is 18.2 Å². The number of hydrogen-bond acceptors (Lipinski definition) is 4. The van der Waals surface area contributed by atoms with E-state index >= 15 is 0 Å². The van der Waals surface area contributed by atoms with Gasteiger partial charge < -0.3 is 10.1 Å². The average molecular weight is 473 g/mol. The number of nitrogens with zero attached hydrogens (tertiary/aromatic N) is 1. The zero-order valence-corrected chi connectivity index (χ0v) is 18.4. The van der Waals surface area contributed by atoms with E-state index in [1.165, 1.54) is 40.7 Å². The maximum atomic E-state index is 13.3. The number of nitrogens with one attached hydrogen (secondary N) is 1. The van der Waals surface area contributed by atoms with Crippen molar-refractivity contribution in [3.8, 4) is 5.75 Å². The van der Waals surface area contributed by atoms with Crippen LogP contribution >= 0.6 is 0 Å². The SMILES string of the molecule is O=C(NCc1ccc(OC(F)F)cc1)c1cccc(S(=O)(=O)N2CCCc3ccccc32)c1. The van der Waals surface area contributed by atoms with Crippen LogP contribution in [0.2, 0.25) is 0 Å². The van der Waals surface area contributed by atoms with Crippen molar-refractivity contribution in [1.82, 2.24) is 5.32 Å². The van der Waals surface area contributed by atoms with E-state index in [9.17, 15) is 22.0 Å². The summed E-state index contributed by atoms with van der Waals surface area (Å²) in [6.07, 6.45) is 1.54. The first-order chi connectivity index (χ1) is 15.8. The van der Waals surface area contributed by atoms with Crippen molar-refractivity contribution < 1.29 is 26.7 Å². The molecule has 0 fully saturated rings. The standard InChI is InChI=1S/C24H22F2N2O4S/c25-24(26)32-20-12-10-17(11-13-20)16-27-23(29)19-6-3-8-21(15-19)33(30,31)28-14-4-7-18-5-1-2-9-22(18)28/h1-3,5-6,8-13,15,24H,4,7,14,16H2,(H,27,29). The molecule has 1 amide bonds. The molecule has 0 radical (unpaired) electrons. The number of ether oxygens (including phenoxy) is 1. The van der Waals surface area contributed by atoms with Gasteiger partial charge in [-0.3, -0.25) is 9.10 Å². The van der Waals surface area contributed by atoms with E-state index in [-0.39, 0.29) is 22.8 Å². The molecule has 0 bridgehead atoms. The molecule has 3 aromatic rings. The molecule has 172 valence electrons. The normalized spacial score (nSPS) is 13.5. The zero-order valence-electron chi connectivity index (χ0n) is 17.6. The van der Waals surface area contributed by atoms with Crippen molar-refractivity contribution >= 4 is 21.6 Å². The maximum Gasteiger partial charge on any atom is 0.387 e. The first-order valence-electron chi connectivity index (χ1n) is 10.4. The van der Waals surface area contributed by atoms with E-state index < -0.39 is 22.5 Å². The van der Waals surface area contributed by atoms with Crippen LogP contribution in [-0.2, 0) is 23.0 Å². The molecule has 9 heteroatoms. The van der Waals surface area contributed by atoms with Gasteiger partial charge in [0.1, 0.15) is 5.75 Å². The van der Waals surface area contributed by atoms with Crippen LogP contribution in [0, 0.1) is 0 Å². The van der Waals surface area contributed by atoms with E-state index in [4.69, 9.17) is 0 Å². The van der Waals surface area contributed by atoms with Crippen molar-refractivity contribution in [2.24, 2.45) is 0 Å². The van der Waals surface area contributed by atoms with Gasteiger partial charge in [-0.1, -0.05) is 36.4 Å². The van der Waals surface area contributed by atoms with Crippen LogP contribution < -0.4 is 14.4 Å². The highest BCUT2D eigenvalue weighted by atomic mass is 32.2. The summed E-state index contributed by atoms with van der Waals surface area (Å²) in [6, 6.07) is 19.2. The van der Waals surface area contributed by atoms with Gasteiger partial charge in [0.25, 0.3) is 15.9 Å². The molecule has 1 heterocycles.